The third-order valence-electron chi connectivity index (χ3n) is 4.66. The zero-order chi connectivity index (χ0) is 20.4. The molecule has 4 rings (SSSR count). The van der Waals surface area contributed by atoms with E-state index in [2.05, 4.69) is 0 Å². The van der Waals surface area contributed by atoms with Crippen molar-refractivity contribution in [3.05, 3.63) is 94.7 Å². The number of esters is 1. The molecule has 0 amide bonds. The quantitative estimate of drug-likeness (QED) is 0.365. The van der Waals surface area contributed by atoms with E-state index in [1.807, 2.05) is 30.3 Å². The smallest absolute Gasteiger partial charge is 0.347 e. The van der Waals surface area contributed by atoms with E-state index >= 15 is 0 Å². The van der Waals surface area contributed by atoms with Crippen molar-refractivity contribution < 1.29 is 23.8 Å². The number of para-hydroxylation sites is 1. The maximum absolute atomic E-state index is 12.7. The number of methoxy groups -OCH3 is 1. The van der Waals surface area contributed by atoms with Gasteiger partial charge in [-0.15, -0.1) is 0 Å². The van der Waals surface area contributed by atoms with Crippen molar-refractivity contribution in [1.29, 1.82) is 0 Å². The lowest BCUT2D eigenvalue weighted by molar-refractivity contribution is 0.0729. The van der Waals surface area contributed by atoms with Crippen molar-refractivity contribution in [2.45, 2.75) is 6.92 Å². The fourth-order valence-corrected chi connectivity index (χ4v) is 3.15. The van der Waals surface area contributed by atoms with Gasteiger partial charge in [0.1, 0.15) is 22.8 Å². The number of carbonyl (C=O) groups is 2. The molecular formula is C24H18O5. The average Bonchev–Trinajstić information content (AvgIpc) is 3.07. The van der Waals surface area contributed by atoms with Crippen LogP contribution in [0.25, 0.3) is 6.08 Å². The van der Waals surface area contributed by atoms with Crippen molar-refractivity contribution in [2.75, 3.05) is 7.11 Å². The summed E-state index contributed by atoms with van der Waals surface area (Å²) in [6, 6.07) is 19.5. The van der Waals surface area contributed by atoms with Gasteiger partial charge in [-0.25, -0.2) is 4.79 Å². The molecule has 1 aliphatic heterocycles. The van der Waals surface area contributed by atoms with Crippen LogP contribution in [-0.2, 0) is 0 Å². The first-order valence-corrected chi connectivity index (χ1v) is 9.06. The molecule has 0 bridgehead atoms. The highest BCUT2D eigenvalue weighted by Gasteiger charge is 2.30. The van der Waals surface area contributed by atoms with Gasteiger partial charge in [-0.05, 0) is 42.8 Å². The number of carbonyl (C=O) groups excluding carboxylic acids is 2. The minimum Gasteiger partial charge on any atom is -0.496 e. The molecule has 3 aromatic carbocycles. The monoisotopic (exact) mass is 386 g/mol. The van der Waals surface area contributed by atoms with Crippen LogP contribution in [0.2, 0.25) is 0 Å². The van der Waals surface area contributed by atoms with Gasteiger partial charge in [0.05, 0.1) is 12.7 Å². The molecule has 144 valence electrons. The van der Waals surface area contributed by atoms with Crippen molar-refractivity contribution >= 4 is 17.8 Å². The van der Waals surface area contributed by atoms with Crippen LogP contribution in [0.1, 0.15) is 31.8 Å². The van der Waals surface area contributed by atoms with E-state index in [0.717, 1.165) is 5.56 Å². The number of rotatable bonds is 4. The Morgan fingerprint density at radius 1 is 0.931 bits per heavy atom. The first-order chi connectivity index (χ1) is 14.1. The summed E-state index contributed by atoms with van der Waals surface area (Å²) < 4.78 is 16.6. The van der Waals surface area contributed by atoms with Crippen LogP contribution in [0.5, 0.6) is 17.2 Å². The van der Waals surface area contributed by atoms with Gasteiger partial charge in [-0.1, -0.05) is 42.5 Å². The fraction of sp³-hybridized carbons (Fsp3) is 0.0833. The molecule has 0 unspecified atom stereocenters. The van der Waals surface area contributed by atoms with E-state index in [-0.39, 0.29) is 11.5 Å². The number of ketones is 1. The summed E-state index contributed by atoms with van der Waals surface area (Å²) in [6.45, 7) is 1.75. The maximum Gasteiger partial charge on any atom is 0.347 e. The molecule has 0 saturated heterocycles. The van der Waals surface area contributed by atoms with Crippen LogP contribution in [0.15, 0.2) is 72.5 Å². The summed E-state index contributed by atoms with van der Waals surface area (Å²) in [5.41, 5.74) is 2.21. The number of hydrogen-bond donors (Lipinski definition) is 0. The van der Waals surface area contributed by atoms with E-state index in [1.165, 1.54) is 7.11 Å². The highest BCUT2D eigenvalue weighted by Crippen LogP contribution is 2.39. The van der Waals surface area contributed by atoms with Crippen LogP contribution >= 0.6 is 0 Å². The Hall–Kier alpha value is -3.86. The van der Waals surface area contributed by atoms with Gasteiger partial charge >= 0.3 is 5.97 Å². The third kappa shape index (κ3) is 3.50. The van der Waals surface area contributed by atoms with E-state index in [0.29, 0.717) is 33.9 Å². The highest BCUT2D eigenvalue weighted by atomic mass is 16.5. The first-order valence-electron chi connectivity index (χ1n) is 9.06. The first kappa shape index (κ1) is 18.5. The molecule has 0 fully saturated rings. The van der Waals surface area contributed by atoms with E-state index in [4.69, 9.17) is 14.2 Å². The van der Waals surface area contributed by atoms with Gasteiger partial charge in [0.25, 0.3) is 0 Å². The van der Waals surface area contributed by atoms with Crippen LogP contribution < -0.4 is 14.2 Å². The second-order valence-corrected chi connectivity index (χ2v) is 6.51. The van der Waals surface area contributed by atoms with Crippen LogP contribution in [0, 0.1) is 6.92 Å². The molecule has 0 radical (unpaired) electrons. The Bertz CT molecular complexity index is 1130. The number of Topliss-reactive ketones (excluding diaryl/α,β-unsaturated/α-hetero) is 1. The second-order valence-electron chi connectivity index (χ2n) is 6.51. The summed E-state index contributed by atoms with van der Waals surface area (Å²) in [6.07, 6.45) is 1.70. The van der Waals surface area contributed by atoms with E-state index < -0.39 is 5.97 Å². The predicted octanol–water partition coefficient (Wildman–Crippen LogP) is 4.84. The zero-order valence-electron chi connectivity index (χ0n) is 16.0. The van der Waals surface area contributed by atoms with Gasteiger partial charge in [0.15, 0.2) is 5.76 Å². The number of ether oxygens (including phenoxy) is 3. The molecule has 0 saturated carbocycles. The number of benzene rings is 3. The Labute approximate surface area is 168 Å². The molecule has 5 heteroatoms. The van der Waals surface area contributed by atoms with Crippen molar-refractivity contribution in [2.24, 2.45) is 0 Å². The summed E-state index contributed by atoms with van der Waals surface area (Å²) in [5, 5.41) is 0. The number of fused-ring (bicyclic) bond motifs is 1. The molecule has 3 aromatic rings. The van der Waals surface area contributed by atoms with Crippen LogP contribution in [-0.4, -0.2) is 18.9 Å². The van der Waals surface area contributed by atoms with Crippen LogP contribution in [0.3, 0.4) is 0 Å². The Balaban J connectivity index is 1.63. The van der Waals surface area contributed by atoms with Gasteiger partial charge < -0.3 is 14.2 Å². The molecule has 1 heterocycles. The normalized spacial score (nSPS) is 13.7. The van der Waals surface area contributed by atoms with Crippen molar-refractivity contribution in [3.63, 3.8) is 0 Å². The Morgan fingerprint density at radius 3 is 2.41 bits per heavy atom. The minimum absolute atomic E-state index is 0.199. The summed E-state index contributed by atoms with van der Waals surface area (Å²) >= 11 is 0. The lowest BCUT2D eigenvalue weighted by Crippen LogP contribution is -2.11. The molecule has 0 aliphatic carbocycles. The molecule has 0 aromatic heterocycles. The minimum atomic E-state index is -0.546. The highest BCUT2D eigenvalue weighted by molar-refractivity contribution is 6.15. The summed E-state index contributed by atoms with van der Waals surface area (Å²) in [5.74, 6) is 0.652. The van der Waals surface area contributed by atoms with Gasteiger partial charge in [0.2, 0.25) is 5.78 Å². The maximum atomic E-state index is 12.7. The number of allylic oxidation sites excluding steroid dienone is 1. The summed E-state index contributed by atoms with van der Waals surface area (Å²) in [4.78, 5) is 25.3. The Morgan fingerprint density at radius 2 is 1.66 bits per heavy atom. The summed E-state index contributed by atoms with van der Waals surface area (Å²) in [7, 11) is 1.49. The zero-order valence-corrected chi connectivity index (χ0v) is 16.0. The SMILES string of the molecule is COc1ccccc1C(=O)Oc1ccc2c(c1C)O/C(=C\c1ccccc1)C2=O. The topological polar surface area (TPSA) is 61.8 Å². The van der Waals surface area contributed by atoms with E-state index in [1.54, 1.807) is 49.4 Å². The lowest BCUT2D eigenvalue weighted by atomic mass is 10.1. The second kappa shape index (κ2) is 7.64. The third-order valence-corrected chi connectivity index (χ3v) is 4.66. The Kier molecular flexibility index (Phi) is 4.87. The lowest BCUT2D eigenvalue weighted by Gasteiger charge is -2.11. The largest absolute Gasteiger partial charge is 0.496 e. The number of hydrogen-bond acceptors (Lipinski definition) is 5. The van der Waals surface area contributed by atoms with Gasteiger partial charge in [0, 0.05) is 5.56 Å². The average molecular weight is 386 g/mol. The standard InChI is InChI=1S/C24H18O5/c1-15-19(29-24(26)17-10-6-7-11-20(17)27-2)13-12-18-22(25)21(28-23(15)18)14-16-8-4-3-5-9-16/h3-14H,1-2H3/b21-14-. The van der Waals surface area contributed by atoms with E-state index in [9.17, 15) is 9.59 Å². The molecule has 0 spiro atoms. The van der Waals surface area contributed by atoms with Crippen molar-refractivity contribution in [1.82, 2.24) is 0 Å². The molecule has 5 nitrogen and oxygen atoms in total. The molecule has 1 aliphatic rings. The molecule has 0 atom stereocenters. The molecule has 0 N–H and O–H groups in total. The van der Waals surface area contributed by atoms with Crippen molar-refractivity contribution in [3.8, 4) is 17.2 Å². The van der Waals surface area contributed by atoms with Gasteiger partial charge in [-0.3, -0.25) is 4.79 Å². The molecule has 29 heavy (non-hydrogen) atoms. The van der Waals surface area contributed by atoms with Crippen LogP contribution in [0.4, 0.5) is 0 Å². The fourth-order valence-electron chi connectivity index (χ4n) is 3.15. The van der Waals surface area contributed by atoms with Gasteiger partial charge in [-0.2, -0.15) is 0 Å². The molecular weight excluding hydrogens is 368 g/mol. The predicted molar refractivity (Wildman–Crippen MR) is 109 cm³/mol.